The molecular formula is C16H30N2O4S. The number of rotatable bonds is 7. The quantitative estimate of drug-likeness (QED) is 0.758. The normalized spacial score (nSPS) is 22.8. The summed E-state index contributed by atoms with van der Waals surface area (Å²) in [6, 6.07) is 0.0713. The summed E-state index contributed by atoms with van der Waals surface area (Å²) in [6.45, 7) is 4.82. The lowest BCUT2D eigenvalue weighted by atomic mass is 9.77. The van der Waals surface area contributed by atoms with Gasteiger partial charge in [-0.2, -0.15) is 0 Å². The molecule has 0 aromatic carbocycles. The summed E-state index contributed by atoms with van der Waals surface area (Å²) in [5, 5.41) is 3.05. The van der Waals surface area contributed by atoms with E-state index in [9.17, 15) is 13.2 Å². The van der Waals surface area contributed by atoms with Gasteiger partial charge in [-0.05, 0) is 38.0 Å². The predicted molar refractivity (Wildman–Crippen MR) is 89.6 cm³/mol. The van der Waals surface area contributed by atoms with Gasteiger partial charge in [-0.3, -0.25) is 4.79 Å². The van der Waals surface area contributed by atoms with Gasteiger partial charge >= 0.3 is 0 Å². The van der Waals surface area contributed by atoms with Crippen LogP contribution in [0.5, 0.6) is 0 Å². The van der Waals surface area contributed by atoms with Crippen molar-refractivity contribution in [3.63, 3.8) is 0 Å². The van der Waals surface area contributed by atoms with Crippen LogP contribution in [0.25, 0.3) is 0 Å². The third kappa shape index (κ3) is 4.90. The Bertz CT molecular complexity index is 501. The maximum atomic E-state index is 12.2. The zero-order valence-electron chi connectivity index (χ0n) is 14.5. The Labute approximate surface area is 140 Å². The molecule has 1 heterocycles. The molecule has 2 fully saturated rings. The first-order valence-electron chi connectivity index (χ1n) is 8.59. The van der Waals surface area contributed by atoms with Gasteiger partial charge in [0.15, 0.2) is 0 Å². The molecule has 1 aliphatic carbocycles. The van der Waals surface area contributed by atoms with E-state index >= 15 is 0 Å². The van der Waals surface area contributed by atoms with Crippen LogP contribution in [0, 0.1) is 5.92 Å². The van der Waals surface area contributed by atoms with Crippen molar-refractivity contribution in [2.75, 3.05) is 26.0 Å². The molecule has 2 rings (SSSR count). The molecule has 1 aliphatic heterocycles. The van der Waals surface area contributed by atoms with Crippen molar-refractivity contribution in [3.05, 3.63) is 0 Å². The fraction of sp³-hybridized carbons (Fsp3) is 0.938. The first-order chi connectivity index (χ1) is 10.8. The molecular weight excluding hydrogens is 316 g/mol. The SMILES string of the molecule is COC1(CC(=O)NC2CCN(S(=O)(=O)CC(C)C)CC2)CCC1. The van der Waals surface area contributed by atoms with Crippen LogP contribution >= 0.6 is 0 Å². The Balaban J connectivity index is 1.77. The van der Waals surface area contributed by atoms with E-state index in [4.69, 9.17) is 4.74 Å². The van der Waals surface area contributed by atoms with Crippen molar-refractivity contribution >= 4 is 15.9 Å². The van der Waals surface area contributed by atoms with Crippen LogP contribution in [0.2, 0.25) is 0 Å². The molecule has 0 bridgehead atoms. The molecule has 23 heavy (non-hydrogen) atoms. The summed E-state index contributed by atoms with van der Waals surface area (Å²) in [7, 11) is -1.49. The molecule has 0 spiro atoms. The lowest BCUT2D eigenvalue weighted by Crippen LogP contribution is -2.50. The highest BCUT2D eigenvalue weighted by atomic mass is 32.2. The number of nitrogens with zero attached hydrogens (tertiary/aromatic N) is 1. The van der Waals surface area contributed by atoms with E-state index in [1.165, 1.54) is 0 Å². The molecule has 1 saturated heterocycles. The topological polar surface area (TPSA) is 75.7 Å². The van der Waals surface area contributed by atoms with Crippen LogP contribution < -0.4 is 5.32 Å². The summed E-state index contributed by atoms with van der Waals surface area (Å²) in [5.41, 5.74) is -0.259. The largest absolute Gasteiger partial charge is 0.378 e. The van der Waals surface area contributed by atoms with E-state index in [1.807, 2.05) is 13.8 Å². The van der Waals surface area contributed by atoms with Crippen LogP contribution in [0.4, 0.5) is 0 Å². The van der Waals surface area contributed by atoms with E-state index < -0.39 is 10.0 Å². The van der Waals surface area contributed by atoms with Gasteiger partial charge in [0, 0.05) is 26.2 Å². The standard InChI is InChI=1S/C16H30N2O4S/c1-13(2)12-23(20,21)18-9-5-14(6-10-18)17-15(19)11-16(22-3)7-4-8-16/h13-14H,4-12H2,1-3H3,(H,17,19). The molecule has 2 aliphatic rings. The minimum atomic E-state index is -3.16. The number of amides is 1. The molecule has 0 unspecified atom stereocenters. The Morgan fingerprint density at radius 3 is 2.35 bits per heavy atom. The number of sulfonamides is 1. The molecule has 1 amide bonds. The molecule has 1 saturated carbocycles. The maximum Gasteiger partial charge on any atom is 0.223 e. The summed E-state index contributed by atoms with van der Waals surface area (Å²) < 4.78 is 31.5. The molecule has 0 aromatic rings. The van der Waals surface area contributed by atoms with Crippen LogP contribution in [-0.2, 0) is 19.6 Å². The smallest absolute Gasteiger partial charge is 0.223 e. The second-order valence-corrected chi connectivity index (χ2v) is 9.34. The van der Waals surface area contributed by atoms with Gasteiger partial charge in [0.1, 0.15) is 0 Å². The van der Waals surface area contributed by atoms with E-state index in [-0.39, 0.29) is 29.2 Å². The van der Waals surface area contributed by atoms with Crippen molar-refractivity contribution in [2.45, 2.75) is 64.0 Å². The molecule has 6 nitrogen and oxygen atoms in total. The fourth-order valence-corrected chi connectivity index (χ4v) is 5.22. The Kier molecular flexibility index (Phi) is 6.08. The maximum absolute atomic E-state index is 12.2. The molecule has 0 aromatic heterocycles. The summed E-state index contributed by atoms with van der Waals surface area (Å²) in [6.07, 6.45) is 4.79. The van der Waals surface area contributed by atoms with Gasteiger partial charge in [-0.15, -0.1) is 0 Å². The van der Waals surface area contributed by atoms with Gasteiger partial charge in [0.25, 0.3) is 0 Å². The number of nitrogens with one attached hydrogen (secondary N) is 1. The molecule has 0 atom stereocenters. The first kappa shape index (κ1) is 18.7. The summed E-state index contributed by atoms with van der Waals surface area (Å²) in [5.74, 6) is 0.348. The monoisotopic (exact) mass is 346 g/mol. The number of methoxy groups -OCH3 is 1. The number of hydrogen-bond acceptors (Lipinski definition) is 4. The summed E-state index contributed by atoms with van der Waals surface area (Å²) in [4.78, 5) is 12.2. The highest BCUT2D eigenvalue weighted by Crippen LogP contribution is 2.37. The molecule has 7 heteroatoms. The van der Waals surface area contributed by atoms with Gasteiger partial charge < -0.3 is 10.1 Å². The average molecular weight is 346 g/mol. The van der Waals surface area contributed by atoms with Gasteiger partial charge in [0.05, 0.1) is 17.8 Å². The van der Waals surface area contributed by atoms with Gasteiger partial charge in [-0.25, -0.2) is 12.7 Å². The summed E-state index contributed by atoms with van der Waals surface area (Å²) >= 11 is 0. The minimum Gasteiger partial charge on any atom is -0.378 e. The van der Waals surface area contributed by atoms with Crippen molar-refractivity contribution in [2.24, 2.45) is 5.92 Å². The van der Waals surface area contributed by atoms with E-state index in [0.717, 1.165) is 19.3 Å². The third-order valence-electron chi connectivity index (χ3n) is 4.94. The van der Waals surface area contributed by atoms with Gasteiger partial charge in [-0.1, -0.05) is 13.8 Å². The number of carbonyl (C=O) groups is 1. The highest BCUT2D eigenvalue weighted by molar-refractivity contribution is 7.89. The average Bonchev–Trinajstić information content (AvgIpc) is 2.42. The highest BCUT2D eigenvalue weighted by Gasteiger charge is 2.39. The van der Waals surface area contributed by atoms with E-state index in [2.05, 4.69) is 5.32 Å². The van der Waals surface area contributed by atoms with Crippen molar-refractivity contribution in [1.82, 2.24) is 9.62 Å². The Morgan fingerprint density at radius 1 is 1.30 bits per heavy atom. The lowest BCUT2D eigenvalue weighted by molar-refractivity contribution is -0.135. The van der Waals surface area contributed by atoms with Crippen molar-refractivity contribution in [3.8, 4) is 0 Å². The zero-order chi connectivity index (χ0) is 17.1. The van der Waals surface area contributed by atoms with Crippen LogP contribution in [-0.4, -0.2) is 56.2 Å². The molecule has 134 valence electrons. The fourth-order valence-electron chi connectivity index (χ4n) is 3.40. The number of ether oxygens (including phenoxy) is 1. The number of carbonyl (C=O) groups excluding carboxylic acids is 1. The number of piperidine rings is 1. The third-order valence-corrected chi connectivity index (χ3v) is 7.18. The van der Waals surface area contributed by atoms with E-state index in [1.54, 1.807) is 11.4 Å². The van der Waals surface area contributed by atoms with Crippen molar-refractivity contribution < 1.29 is 17.9 Å². The van der Waals surface area contributed by atoms with Gasteiger partial charge in [0.2, 0.25) is 15.9 Å². The predicted octanol–water partition coefficient (Wildman–Crippen LogP) is 1.51. The zero-order valence-corrected chi connectivity index (χ0v) is 15.3. The van der Waals surface area contributed by atoms with Crippen LogP contribution in [0.1, 0.15) is 52.4 Å². The number of hydrogen-bond donors (Lipinski definition) is 1. The Hall–Kier alpha value is -0.660. The molecule has 0 radical (unpaired) electrons. The second-order valence-electron chi connectivity index (χ2n) is 7.33. The lowest BCUT2D eigenvalue weighted by Gasteiger charge is -2.40. The minimum absolute atomic E-state index is 0.0232. The van der Waals surface area contributed by atoms with E-state index in [0.29, 0.717) is 32.4 Å². The molecule has 1 N–H and O–H groups in total. The first-order valence-corrected chi connectivity index (χ1v) is 10.2. The Morgan fingerprint density at radius 2 is 1.91 bits per heavy atom. The van der Waals surface area contributed by atoms with Crippen LogP contribution in [0.3, 0.4) is 0 Å². The second kappa shape index (κ2) is 7.49. The van der Waals surface area contributed by atoms with Crippen LogP contribution in [0.15, 0.2) is 0 Å². The van der Waals surface area contributed by atoms with Crippen molar-refractivity contribution in [1.29, 1.82) is 0 Å².